The number of hydrogen-bond acceptors (Lipinski definition) is 3. The number of ether oxygens (including phenoxy) is 1. The van der Waals surface area contributed by atoms with Crippen molar-refractivity contribution in [3.63, 3.8) is 0 Å². The lowest BCUT2D eigenvalue weighted by Crippen LogP contribution is -1.98. The van der Waals surface area contributed by atoms with Crippen LogP contribution in [-0.2, 0) is 4.79 Å². The second kappa shape index (κ2) is 5.33. The Morgan fingerprint density at radius 3 is 2.81 bits per heavy atom. The molecule has 0 fully saturated rings. The Bertz CT molecular complexity index is 488. The molecule has 0 saturated heterocycles. The van der Waals surface area contributed by atoms with Gasteiger partial charge in [0, 0.05) is 10.0 Å². The number of nitriles is 1. The van der Waals surface area contributed by atoms with Gasteiger partial charge in [0.25, 0.3) is 0 Å². The van der Waals surface area contributed by atoms with Crippen molar-refractivity contribution in [3.8, 4) is 11.8 Å². The number of carbonyl (C=O) groups is 1. The number of benzene rings is 1. The number of halogens is 1. The van der Waals surface area contributed by atoms with Crippen LogP contribution in [0.15, 0.2) is 28.2 Å². The first-order chi connectivity index (χ1) is 7.58. The molecule has 0 aliphatic rings. The van der Waals surface area contributed by atoms with E-state index in [2.05, 4.69) is 15.9 Å². The predicted octanol–water partition coefficient (Wildman–Crippen LogP) is 2.45. The first-order valence-electron chi connectivity index (χ1n) is 4.27. The van der Waals surface area contributed by atoms with Crippen molar-refractivity contribution < 1.29 is 14.6 Å². The Kier molecular flexibility index (Phi) is 4.09. The van der Waals surface area contributed by atoms with Gasteiger partial charge < -0.3 is 9.84 Å². The summed E-state index contributed by atoms with van der Waals surface area (Å²) in [6.45, 7) is 0. The highest BCUT2D eigenvalue weighted by Gasteiger charge is 2.08. The van der Waals surface area contributed by atoms with Crippen LogP contribution in [0.5, 0.6) is 5.75 Å². The fraction of sp³-hybridized carbons (Fsp3) is 0.0909. The van der Waals surface area contributed by atoms with E-state index in [1.165, 1.54) is 13.2 Å². The third-order valence-electron chi connectivity index (χ3n) is 1.84. The van der Waals surface area contributed by atoms with Gasteiger partial charge in [-0.2, -0.15) is 5.26 Å². The van der Waals surface area contributed by atoms with E-state index in [1.807, 2.05) is 0 Å². The van der Waals surface area contributed by atoms with E-state index in [4.69, 9.17) is 15.1 Å². The minimum absolute atomic E-state index is 0.337. The monoisotopic (exact) mass is 281 g/mol. The number of hydrogen-bond donors (Lipinski definition) is 1. The number of rotatable bonds is 3. The summed E-state index contributed by atoms with van der Waals surface area (Å²) in [5.74, 6) is -0.748. The SMILES string of the molecule is COc1ccc(Br)cc1C=C(C#N)C(=O)O. The van der Waals surface area contributed by atoms with E-state index in [9.17, 15) is 4.79 Å². The van der Waals surface area contributed by atoms with Crippen LogP contribution in [0.2, 0.25) is 0 Å². The molecule has 1 aromatic rings. The molecule has 0 bridgehead atoms. The molecule has 1 N–H and O–H groups in total. The molecule has 0 aliphatic carbocycles. The normalized spacial score (nSPS) is 10.7. The van der Waals surface area contributed by atoms with Crippen LogP contribution in [0.25, 0.3) is 6.08 Å². The van der Waals surface area contributed by atoms with E-state index >= 15 is 0 Å². The minimum atomic E-state index is -1.26. The van der Waals surface area contributed by atoms with Crippen molar-refractivity contribution in [2.24, 2.45) is 0 Å². The highest BCUT2D eigenvalue weighted by Crippen LogP contribution is 2.25. The summed E-state index contributed by atoms with van der Waals surface area (Å²) in [4.78, 5) is 10.7. The third-order valence-corrected chi connectivity index (χ3v) is 2.34. The van der Waals surface area contributed by atoms with Crippen molar-refractivity contribution in [1.82, 2.24) is 0 Å². The van der Waals surface area contributed by atoms with Gasteiger partial charge >= 0.3 is 5.97 Å². The van der Waals surface area contributed by atoms with Gasteiger partial charge in [-0.25, -0.2) is 4.79 Å². The molecular weight excluding hydrogens is 274 g/mol. The highest BCUT2D eigenvalue weighted by molar-refractivity contribution is 9.10. The summed E-state index contributed by atoms with van der Waals surface area (Å²) in [5.41, 5.74) is 0.201. The molecule has 0 atom stereocenters. The fourth-order valence-corrected chi connectivity index (χ4v) is 1.49. The maximum absolute atomic E-state index is 10.7. The van der Waals surface area contributed by atoms with Crippen molar-refractivity contribution in [2.45, 2.75) is 0 Å². The van der Waals surface area contributed by atoms with Crippen LogP contribution in [0.3, 0.4) is 0 Å². The lowest BCUT2D eigenvalue weighted by Gasteiger charge is -2.05. The van der Waals surface area contributed by atoms with Gasteiger partial charge in [0.05, 0.1) is 7.11 Å². The first-order valence-corrected chi connectivity index (χ1v) is 5.06. The van der Waals surface area contributed by atoms with E-state index in [-0.39, 0.29) is 5.57 Å². The van der Waals surface area contributed by atoms with E-state index in [1.54, 1.807) is 24.3 Å². The van der Waals surface area contributed by atoms with Crippen LogP contribution in [0, 0.1) is 11.3 Å². The van der Waals surface area contributed by atoms with Gasteiger partial charge in [-0.15, -0.1) is 0 Å². The van der Waals surface area contributed by atoms with Gasteiger partial charge in [-0.3, -0.25) is 0 Å². The summed E-state index contributed by atoms with van der Waals surface area (Å²) in [6.07, 6.45) is 1.27. The molecule has 0 aliphatic heterocycles. The number of nitrogens with zero attached hydrogens (tertiary/aromatic N) is 1. The molecule has 1 rings (SSSR count). The zero-order valence-electron chi connectivity index (χ0n) is 8.40. The quantitative estimate of drug-likeness (QED) is 0.682. The van der Waals surface area contributed by atoms with Crippen molar-refractivity contribution in [3.05, 3.63) is 33.8 Å². The topological polar surface area (TPSA) is 70.3 Å². The number of methoxy groups -OCH3 is 1. The van der Waals surface area contributed by atoms with E-state index in [0.717, 1.165) is 4.47 Å². The van der Waals surface area contributed by atoms with Gasteiger partial charge in [-0.1, -0.05) is 15.9 Å². The summed E-state index contributed by atoms with van der Waals surface area (Å²) in [5, 5.41) is 17.4. The minimum Gasteiger partial charge on any atom is -0.496 e. The number of aliphatic carboxylic acids is 1. The van der Waals surface area contributed by atoms with E-state index < -0.39 is 5.97 Å². The fourth-order valence-electron chi connectivity index (χ4n) is 1.12. The van der Waals surface area contributed by atoms with Gasteiger partial charge in [0.15, 0.2) is 0 Å². The maximum Gasteiger partial charge on any atom is 0.346 e. The van der Waals surface area contributed by atoms with E-state index in [0.29, 0.717) is 11.3 Å². The van der Waals surface area contributed by atoms with Crippen LogP contribution in [0.4, 0.5) is 0 Å². The Morgan fingerprint density at radius 2 is 2.31 bits per heavy atom. The molecular formula is C11H8BrNO3. The molecule has 0 aromatic heterocycles. The lowest BCUT2D eigenvalue weighted by molar-refractivity contribution is -0.132. The molecule has 82 valence electrons. The third kappa shape index (κ3) is 2.84. The summed E-state index contributed by atoms with van der Waals surface area (Å²) < 4.78 is 5.84. The number of carboxylic acids is 1. The van der Waals surface area contributed by atoms with Crippen molar-refractivity contribution in [1.29, 1.82) is 5.26 Å². The summed E-state index contributed by atoms with van der Waals surface area (Å²) in [6, 6.07) is 6.75. The Balaban J connectivity index is 3.27. The molecule has 0 spiro atoms. The smallest absolute Gasteiger partial charge is 0.346 e. The standard InChI is InChI=1S/C11H8BrNO3/c1-16-10-3-2-9(12)5-7(10)4-8(6-13)11(14)15/h2-5H,1H3,(H,14,15). The van der Waals surface area contributed by atoms with Crippen LogP contribution >= 0.6 is 15.9 Å². The Hall–Kier alpha value is -1.80. The zero-order valence-corrected chi connectivity index (χ0v) is 9.98. The average Bonchev–Trinajstić information content (AvgIpc) is 2.25. The predicted molar refractivity (Wildman–Crippen MR) is 61.9 cm³/mol. The van der Waals surface area contributed by atoms with Crippen molar-refractivity contribution in [2.75, 3.05) is 7.11 Å². The average molecular weight is 282 g/mol. The van der Waals surface area contributed by atoms with Gasteiger partial charge in [0.1, 0.15) is 17.4 Å². The second-order valence-electron chi connectivity index (χ2n) is 2.86. The maximum atomic E-state index is 10.7. The highest BCUT2D eigenvalue weighted by atomic mass is 79.9. The summed E-state index contributed by atoms with van der Waals surface area (Å²) in [7, 11) is 1.48. The molecule has 1 aromatic carbocycles. The van der Waals surface area contributed by atoms with Crippen LogP contribution < -0.4 is 4.74 Å². The largest absolute Gasteiger partial charge is 0.496 e. The molecule has 0 saturated carbocycles. The molecule has 0 radical (unpaired) electrons. The molecule has 0 amide bonds. The van der Waals surface area contributed by atoms with Crippen LogP contribution in [0.1, 0.15) is 5.56 Å². The Labute approximate surface area is 101 Å². The Morgan fingerprint density at radius 1 is 1.62 bits per heavy atom. The second-order valence-corrected chi connectivity index (χ2v) is 3.78. The van der Waals surface area contributed by atoms with Crippen molar-refractivity contribution >= 4 is 28.0 Å². The molecule has 0 heterocycles. The molecule has 5 heteroatoms. The summed E-state index contributed by atoms with van der Waals surface area (Å²) >= 11 is 3.26. The first kappa shape index (κ1) is 12.3. The zero-order chi connectivity index (χ0) is 12.1. The lowest BCUT2D eigenvalue weighted by atomic mass is 10.1. The van der Waals surface area contributed by atoms with Crippen LogP contribution in [-0.4, -0.2) is 18.2 Å². The molecule has 4 nitrogen and oxygen atoms in total. The van der Waals surface area contributed by atoms with Gasteiger partial charge in [-0.05, 0) is 24.3 Å². The molecule has 0 unspecified atom stereocenters. The van der Waals surface area contributed by atoms with Gasteiger partial charge in [0.2, 0.25) is 0 Å². The molecule has 16 heavy (non-hydrogen) atoms. The number of carboxylic acid groups (broad SMARTS) is 1.